The molecule has 2 amide bonds. The summed E-state index contributed by atoms with van der Waals surface area (Å²) in [6, 6.07) is 0. The van der Waals surface area contributed by atoms with Gasteiger partial charge >= 0.3 is 0 Å². The smallest absolute Gasteiger partial charge is 0.285 e. The molecule has 1 fully saturated rings. The number of rotatable bonds is 2. The molecule has 1 aliphatic heterocycles. The predicted octanol–water partition coefficient (Wildman–Crippen LogP) is 1.63. The predicted molar refractivity (Wildman–Crippen MR) is 48.9 cm³/mol. The lowest BCUT2D eigenvalue weighted by molar-refractivity contribution is -0.124. The summed E-state index contributed by atoms with van der Waals surface area (Å²) in [6.07, 6.45) is 0.979. The number of hydrogen-bond acceptors (Lipinski definition) is 3. The molecule has 2 atom stereocenters. The van der Waals surface area contributed by atoms with Crippen LogP contribution in [0, 0.1) is 11.8 Å². The molecular weight excluding hydrogens is 174 g/mol. The minimum absolute atomic E-state index is 0.0118. The average Bonchev–Trinajstić information content (AvgIpc) is 2.03. The van der Waals surface area contributed by atoms with Gasteiger partial charge < -0.3 is 0 Å². The van der Waals surface area contributed by atoms with E-state index in [4.69, 9.17) is 0 Å². The third-order valence-electron chi connectivity index (χ3n) is 2.29. The van der Waals surface area contributed by atoms with E-state index in [9.17, 15) is 9.59 Å². The normalized spacial score (nSPS) is 26.7. The van der Waals surface area contributed by atoms with Crippen LogP contribution >= 0.6 is 11.8 Å². The van der Waals surface area contributed by atoms with E-state index in [1.807, 2.05) is 6.92 Å². The summed E-state index contributed by atoms with van der Waals surface area (Å²) < 4.78 is 0. The molecule has 1 rings (SSSR count). The molecule has 12 heavy (non-hydrogen) atoms. The third kappa shape index (κ3) is 2.00. The van der Waals surface area contributed by atoms with Gasteiger partial charge in [0, 0.05) is 5.75 Å². The van der Waals surface area contributed by atoms with Crippen LogP contribution in [0.1, 0.15) is 20.3 Å². The van der Waals surface area contributed by atoms with Crippen LogP contribution in [0.3, 0.4) is 0 Å². The van der Waals surface area contributed by atoms with Gasteiger partial charge in [0.1, 0.15) is 0 Å². The van der Waals surface area contributed by atoms with E-state index < -0.39 is 0 Å². The molecule has 68 valence electrons. The van der Waals surface area contributed by atoms with Crippen molar-refractivity contribution in [3.63, 3.8) is 0 Å². The Bertz CT molecular complexity index is 205. The average molecular weight is 187 g/mol. The first kappa shape index (κ1) is 9.58. The second kappa shape index (κ2) is 3.94. The van der Waals surface area contributed by atoms with Gasteiger partial charge in [0.2, 0.25) is 5.91 Å². The maximum atomic E-state index is 11.3. The van der Waals surface area contributed by atoms with Crippen molar-refractivity contribution in [2.45, 2.75) is 20.3 Å². The lowest BCUT2D eigenvalue weighted by Crippen LogP contribution is -2.42. The van der Waals surface area contributed by atoms with Gasteiger partial charge in [-0.05, 0) is 5.92 Å². The number of hydrogen-bond donors (Lipinski definition) is 1. The first-order valence-electron chi connectivity index (χ1n) is 4.12. The fourth-order valence-electron chi connectivity index (χ4n) is 1.18. The summed E-state index contributed by atoms with van der Waals surface area (Å²) in [5.41, 5.74) is 0. The number of amides is 2. The van der Waals surface area contributed by atoms with Crippen molar-refractivity contribution in [2.24, 2.45) is 11.8 Å². The summed E-state index contributed by atoms with van der Waals surface area (Å²) in [7, 11) is 0. The summed E-state index contributed by atoms with van der Waals surface area (Å²) in [5, 5.41) is 2.12. The molecule has 1 N–H and O–H groups in total. The van der Waals surface area contributed by atoms with Crippen molar-refractivity contribution < 1.29 is 9.59 Å². The molecule has 0 aliphatic carbocycles. The van der Waals surface area contributed by atoms with Crippen molar-refractivity contribution in [3.05, 3.63) is 0 Å². The number of carbonyl (C=O) groups excluding carboxylic acids is 2. The number of carbonyl (C=O) groups is 2. The van der Waals surface area contributed by atoms with Crippen molar-refractivity contribution in [1.29, 1.82) is 0 Å². The molecule has 0 aromatic rings. The van der Waals surface area contributed by atoms with Gasteiger partial charge in [-0.1, -0.05) is 32.0 Å². The van der Waals surface area contributed by atoms with Gasteiger partial charge in [0.05, 0.1) is 5.92 Å². The Morgan fingerprint density at radius 3 is 2.83 bits per heavy atom. The molecular formula is C8H13NO2S. The molecule has 4 heteroatoms. The van der Waals surface area contributed by atoms with E-state index in [1.54, 1.807) is 0 Å². The van der Waals surface area contributed by atoms with Crippen LogP contribution in [0.25, 0.3) is 0 Å². The molecule has 3 nitrogen and oxygen atoms in total. The number of thioether (sulfide) groups is 1. The summed E-state index contributed by atoms with van der Waals surface area (Å²) in [5.74, 6) is 0.913. The van der Waals surface area contributed by atoms with E-state index in [1.165, 1.54) is 11.8 Å². The Morgan fingerprint density at radius 2 is 2.33 bits per heavy atom. The van der Waals surface area contributed by atoms with Gasteiger partial charge in [-0.25, -0.2) is 0 Å². The Balaban J connectivity index is 2.56. The molecule has 0 aromatic heterocycles. The van der Waals surface area contributed by atoms with E-state index in [0.717, 1.165) is 6.42 Å². The minimum atomic E-state index is -0.209. The highest BCUT2D eigenvalue weighted by molar-refractivity contribution is 8.13. The van der Waals surface area contributed by atoms with Crippen molar-refractivity contribution in [3.8, 4) is 0 Å². The zero-order valence-electron chi connectivity index (χ0n) is 7.29. The van der Waals surface area contributed by atoms with E-state index in [-0.39, 0.29) is 17.1 Å². The highest BCUT2D eigenvalue weighted by atomic mass is 32.2. The zero-order chi connectivity index (χ0) is 9.14. The molecule has 1 saturated heterocycles. The minimum Gasteiger partial charge on any atom is -0.287 e. The first-order chi connectivity index (χ1) is 5.65. The molecule has 0 spiro atoms. The number of nitrogens with one attached hydrogen (secondary N) is 1. The zero-order valence-corrected chi connectivity index (χ0v) is 8.11. The highest BCUT2D eigenvalue weighted by Crippen LogP contribution is 2.24. The Kier molecular flexibility index (Phi) is 3.14. The largest absolute Gasteiger partial charge is 0.287 e. The Hall–Kier alpha value is -0.510. The fourth-order valence-corrected chi connectivity index (χ4v) is 2.16. The van der Waals surface area contributed by atoms with Crippen LogP contribution in [-0.4, -0.2) is 16.9 Å². The lowest BCUT2D eigenvalue weighted by Gasteiger charge is -2.24. The van der Waals surface area contributed by atoms with Crippen LogP contribution in [0.4, 0.5) is 4.79 Å². The number of imide groups is 1. The van der Waals surface area contributed by atoms with Crippen molar-refractivity contribution in [1.82, 2.24) is 5.32 Å². The molecule has 0 aromatic carbocycles. The second-order valence-corrected chi connectivity index (χ2v) is 4.07. The van der Waals surface area contributed by atoms with Crippen molar-refractivity contribution in [2.75, 3.05) is 5.75 Å². The van der Waals surface area contributed by atoms with E-state index >= 15 is 0 Å². The van der Waals surface area contributed by atoms with Crippen LogP contribution in [0.2, 0.25) is 0 Å². The third-order valence-corrected chi connectivity index (χ3v) is 3.18. The lowest BCUT2D eigenvalue weighted by atomic mass is 9.92. The SMILES string of the molecule is CCC(C)C1CSC(=O)NC1=O. The molecule has 2 unspecified atom stereocenters. The summed E-state index contributed by atoms with van der Waals surface area (Å²) in [4.78, 5) is 22.0. The summed E-state index contributed by atoms with van der Waals surface area (Å²) in [6.45, 7) is 4.10. The second-order valence-electron chi connectivity index (χ2n) is 3.08. The van der Waals surface area contributed by atoms with E-state index in [0.29, 0.717) is 11.7 Å². The maximum absolute atomic E-state index is 11.3. The van der Waals surface area contributed by atoms with Gasteiger partial charge in [-0.3, -0.25) is 14.9 Å². The Labute approximate surface area is 76.3 Å². The van der Waals surface area contributed by atoms with Gasteiger partial charge in [0.25, 0.3) is 5.24 Å². The van der Waals surface area contributed by atoms with Gasteiger partial charge in [-0.2, -0.15) is 0 Å². The molecule has 0 radical (unpaired) electrons. The van der Waals surface area contributed by atoms with Crippen LogP contribution in [-0.2, 0) is 4.79 Å². The van der Waals surface area contributed by atoms with Crippen LogP contribution in [0.15, 0.2) is 0 Å². The van der Waals surface area contributed by atoms with Crippen molar-refractivity contribution >= 4 is 22.9 Å². The van der Waals surface area contributed by atoms with Gasteiger partial charge in [-0.15, -0.1) is 0 Å². The quantitative estimate of drug-likeness (QED) is 0.714. The fraction of sp³-hybridized carbons (Fsp3) is 0.750. The molecule has 1 aliphatic rings. The summed E-state index contributed by atoms with van der Waals surface area (Å²) >= 11 is 1.20. The maximum Gasteiger partial charge on any atom is 0.285 e. The standard InChI is InChI=1S/C8H13NO2S/c1-3-5(2)6-4-12-8(11)9-7(6)10/h5-6H,3-4H2,1-2H3,(H,9,10,11). The Morgan fingerprint density at radius 1 is 1.67 bits per heavy atom. The molecule has 1 heterocycles. The monoisotopic (exact) mass is 187 g/mol. The topological polar surface area (TPSA) is 46.2 Å². The van der Waals surface area contributed by atoms with Crippen LogP contribution < -0.4 is 5.32 Å². The molecule has 0 saturated carbocycles. The first-order valence-corrected chi connectivity index (χ1v) is 5.11. The van der Waals surface area contributed by atoms with Gasteiger partial charge in [0.15, 0.2) is 0 Å². The van der Waals surface area contributed by atoms with Crippen LogP contribution in [0.5, 0.6) is 0 Å². The van der Waals surface area contributed by atoms with E-state index in [2.05, 4.69) is 12.2 Å². The molecule has 0 bridgehead atoms. The highest BCUT2D eigenvalue weighted by Gasteiger charge is 2.30.